The van der Waals surface area contributed by atoms with Gasteiger partial charge in [0.05, 0.1) is 5.52 Å². The van der Waals surface area contributed by atoms with Crippen molar-refractivity contribution in [3.63, 3.8) is 0 Å². The van der Waals surface area contributed by atoms with E-state index in [1.807, 2.05) is 23.1 Å². The van der Waals surface area contributed by atoms with Gasteiger partial charge in [0.25, 0.3) is 0 Å². The molecule has 0 bridgehead atoms. The summed E-state index contributed by atoms with van der Waals surface area (Å²) in [6.45, 7) is 2.40. The monoisotopic (exact) mass is 348 g/mol. The standard InChI is InChI=1S/C15H17BrN4O/c16-12-5-3-4-11-14(12)18-10-19-15(11)17-7-6-13(21)20-8-1-2-9-20/h3-5,10H,1-2,6-9H2,(H,17,18,19). The zero-order valence-electron chi connectivity index (χ0n) is 11.7. The number of anilines is 1. The van der Waals surface area contributed by atoms with Crippen molar-refractivity contribution in [2.75, 3.05) is 25.0 Å². The van der Waals surface area contributed by atoms with E-state index in [9.17, 15) is 4.79 Å². The molecule has 2 aromatic rings. The van der Waals surface area contributed by atoms with Gasteiger partial charge in [0.1, 0.15) is 12.1 Å². The molecule has 0 radical (unpaired) electrons. The minimum absolute atomic E-state index is 0.222. The molecule has 1 saturated heterocycles. The van der Waals surface area contributed by atoms with Gasteiger partial charge in [-0.2, -0.15) is 0 Å². The molecule has 0 saturated carbocycles. The van der Waals surface area contributed by atoms with E-state index in [1.54, 1.807) is 0 Å². The largest absolute Gasteiger partial charge is 0.369 e. The van der Waals surface area contributed by atoms with Crippen LogP contribution in [0.25, 0.3) is 10.9 Å². The van der Waals surface area contributed by atoms with E-state index < -0.39 is 0 Å². The van der Waals surface area contributed by atoms with Crippen LogP contribution in [0, 0.1) is 0 Å². The van der Waals surface area contributed by atoms with Gasteiger partial charge in [0, 0.05) is 35.9 Å². The first kappa shape index (κ1) is 14.3. The molecule has 5 nitrogen and oxygen atoms in total. The highest BCUT2D eigenvalue weighted by atomic mass is 79.9. The predicted molar refractivity (Wildman–Crippen MR) is 86.2 cm³/mol. The Hall–Kier alpha value is -1.69. The van der Waals surface area contributed by atoms with Crippen molar-refractivity contribution in [1.82, 2.24) is 14.9 Å². The molecule has 3 rings (SSSR count). The molecule has 0 spiro atoms. The minimum Gasteiger partial charge on any atom is -0.369 e. The van der Waals surface area contributed by atoms with Gasteiger partial charge >= 0.3 is 0 Å². The number of nitrogens with zero attached hydrogens (tertiary/aromatic N) is 3. The Labute approximate surface area is 131 Å². The molecule has 0 unspecified atom stereocenters. The number of carbonyl (C=O) groups excluding carboxylic acids is 1. The van der Waals surface area contributed by atoms with Crippen molar-refractivity contribution in [3.8, 4) is 0 Å². The number of benzene rings is 1. The number of aromatic nitrogens is 2. The summed E-state index contributed by atoms with van der Waals surface area (Å²) in [5.41, 5.74) is 0.876. The zero-order valence-corrected chi connectivity index (χ0v) is 13.3. The first-order valence-electron chi connectivity index (χ1n) is 7.16. The van der Waals surface area contributed by atoms with Crippen molar-refractivity contribution in [3.05, 3.63) is 29.0 Å². The van der Waals surface area contributed by atoms with E-state index in [0.29, 0.717) is 13.0 Å². The van der Waals surface area contributed by atoms with Crippen LogP contribution in [0.3, 0.4) is 0 Å². The Morgan fingerprint density at radius 3 is 2.90 bits per heavy atom. The maximum Gasteiger partial charge on any atom is 0.224 e. The quantitative estimate of drug-likeness (QED) is 0.922. The third-order valence-corrected chi connectivity index (χ3v) is 4.35. The van der Waals surface area contributed by atoms with E-state index in [4.69, 9.17) is 0 Å². The third kappa shape index (κ3) is 3.15. The van der Waals surface area contributed by atoms with Crippen LogP contribution in [0.1, 0.15) is 19.3 Å². The Bertz CT molecular complexity index is 655. The number of fused-ring (bicyclic) bond motifs is 1. The molecule has 21 heavy (non-hydrogen) atoms. The number of likely N-dealkylation sites (tertiary alicyclic amines) is 1. The molecular weight excluding hydrogens is 332 g/mol. The Kier molecular flexibility index (Phi) is 4.34. The summed E-state index contributed by atoms with van der Waals surface area (Å²) in [5, 5.41) is 4.21. The van der Waals surface area contributed by atoms with Gasteiger partial charge in [-0.1, -0.05) is 6.07 Å². The van der Waals surface area contributed by atoms with Crippen molar-refractivity contribution >= 4 is 38.6 Å². The molecule has 1 aliphatic rings. The highest BCUT2D eigenvalue weighted by Gasteiger charge is 2.17. The second-order valence-corrected chi connectivity index (χ2v) is 5.98. The summed E-state index contributed by atoms with van der Waals surface area (Å²) in [5.74, 6) is 0.995. The lowest BCUT2D eigenvalue weighted by Crippen LogP contribution is -2.29. The summed E-state index contributed by atoms with van der Waals surface area (Å²) in [6, 6.07) is 5.89. The van der Waals surface area contributed by atoms with Gasteiger partial charge in [-0.3, -0.25) is 4.79 Å². The minimum atomic E-state index is 0.222. The van der Waals surface area contributed by atoms with Crippen LogP contribution in [0.15, 0.2) is 29.0 Å². The number of rotatable bonds is 4. The molecular formula is C15H17BrN4O. The lowest BCUT2D eigenvalue weighted by Gasteiger charge is -2.15. The van der Waals surface area contributed by atoms with Crippen LogP contribution in [-0.4, -0.2) is 40.4 Å². The average Bonchev–Trinajstić information content (AvgIpc) is 3.02. The molecule has 6 heteroatoms. The van der Waals surface area contributed by atoms with Gasteiger partial charge < -0.3 is 10.2 Å². The van der Waals surface area contributed by atoms with Gasteiger partial charge in [0.2, 0.25) is 5.91 Å². The van der Waals surface area contributed by atoms with Crippen LogP contribution in [0.5, 0.6) is 0 Å². The molecule has 1 aliphatic heterocycles. The lowest BCUT2D eigenvalue weighted by atomic mass is 10.2. The number of hydrogen-bond donors (Lipinski definition) is 1. The number of amides is 1. The number of nitrogens with one attached hydrogen (secondary N) is 1. The van der Waals surface area contributed by atoms with E-state index in [0.717, 1.165) is 47.1 Å². The normalized spacial score (nSPS) is 14.6. The SMILES string of the molecule is O=C(CCNc1ncnc2c(Br)cccc12)N1CCCC1. The summed E-state index contributed by atoms with van der Waals surface area (Å²) in [4.78, 5) is 22.5. The summed E-state index contributed by atoms with van der Waals surface area (Å²) >= 11 is 3.49. The van der Waals surface area contributed by atoms with Crippen molar-refractivity contribution in [2.24, 2.45) is 0 Å². The molecule has 1 amide bonds. The fourth-order valence-electron chi connectivity index (χ4n) is 2.60. The van der Waals surface area contributed by atoms with Crippen molar-refractivity contribution in [2.45, 2.75) is 19.3 Å². The Morgan fingerprint density at radius 1 is 1.29 bits per heavy atom. The van der Waals surface area contributed by atoms with E-state index in [1.165, 1.54) is 6.33 Å². The second kappa shape index (κ2) is 6.39. The van der Waals surface area contributed by atoms with E-state index >= 15 is 0 Å². The van der Waals surface area contributed by atoms with Crippen LogP contribution in [0.4, 0.5) is 5.82 Å². The topological polar surface area (TPSA) is 58.1 Å². The number of halogens is 1. The van der Waals surface area contributed by atoms with Gasteiger partial charge in [-0.25, -0.2) is 9.97 Å². The van der Waals surface area contributed by atoms with Crippen LogP contribution < -0.4 is 5.32 Å². The fraction of sp³-hybridized carbons (Fsp3) is 0.400. The van der Waals surface area contributed by atoms with Gasteiger partial charge in [-0.15, -0.1) is 0 Å². The molecule has 2 heterocycles. The van der Waals surface area contributed by atoms with Crippen molar-refractivity contribution in [1.29, 1.82) is 0 Å². The summed E-state index contributed by atoms with van der Waals surface area (Å²) < 4.78 is 0.943. The van der Waals surface area contributed by atoms with E-state index in [2.05, 4.69) is 31.2 Å². The Balaban J connectivity index is 1.65. The molecule has 1 aromatic heterocycles. The zero-order chi connectivity index (χ0) is 14.7. The molecule has 1 N–H and O–H groups in total. The smallest absolute Gasteiger partial charge is 0.224 e. The average molecular weight is 349 g/mol. The molecule has 0 atom stereocenters. The van der Waals surface area contributed by atoms with E-state index in [-0.39, 0.29) is 5.91 Å². The maximum atomic E-state index is 12.0. The van der Waals surface area contributed by atoms with Gasteiger partial charge in [-0.05, 0) is 40.9 Å². The summed E-state index contributed by atoms with van der Waals surface area (Å²) in [6.07, 6.45) is 4.30. The molecule has 1 aromatic carbocycles. The number of hydrogen-bond acceptors (Lipinski definition) is 4. The van der Waals surface area contributed by atoms with Crippen molar-refractivity contribution < 1.29 is 4.79 Å². The Morgan fingerprint density at radius 2 is 2.10 bits per heavy atom. The maximum absolute atomic E-state index is 12.0. The van der Waals surface area contributed by atoms with Gasteiger partial charge in [0.15, 0.2) is 0 Å². The lowest BCUT2D eigenvalue weighted by molar-refractivity contribution is -0.129. The highest BCUT2D eigenvalue weighted by Crippen LogP contribution is 2.25. The first-order valence-corrected chi connectivity index (χ1v) is 7.96. The fourth-order valence-corrected chi connectivity index (χ4v) is 3.07. The van der Waals surface area contributed by atoms with Crippen LogP contribution in [-0.2, 0) is 4.79 Å². The molecule has 110 valence electrons. The highest BCUT2D eigenvalue weighted by molar-refractivity contribution is 9.10. The predicted octanol–water partition coefficient (Wildman–Crippen LogP) is 2.82. The van der Waals surface area contributed by atoms with Crippen LogP contribution in [0.2, 0.25) is 0 Å². The second-order valence-electron chi connectivity index (χ2n) is 5.12. The third-order valence-electron chi connectivity index (χ3n) is 3.71. The molecule has 0 aliphatic carbocycles. The molecule has 1 fully saturated rings. The summed E-state index contributed by atoms with van der Waals surface area (Å²) in [7, 11) is 0. The number of para-hydroxylation sites is 1. The number of carbonyl (C=O) groups is 1. The van der Waals surface area contributed by atoms with Crippen LogP contribution >= 0.6 is 15.9 Å². The first-order chi connectivity index (χ1) is 10.3.